The molecule has 0 bridgehead atoms. The molecule has 0 amide bonds. The average Bonchev–Trinajstić information content (AvgIpc) is 3.41. The second-order valence-corrected chi connectivity index (χ2v) is 15.2. The SMILES string of the molecule is C=Cc1ccc(C(=O)CCCN2CCC3C(C2)c2cccc4c2N3CCN4C(CCCCCCCCCCCCCC)=C2CCC2)cc1. The predicted octanol–water partition coefficient (Wildman–Crippen LogP) is 11.3. The Balaban J connectivity index is 1.00. The molecule has 1 aliphatic carbocycles. The fraction of sp³-hybridized carbons (Fsp3) is 0.614. The summed E-state index contributed by atoms with van der Waals surface area (Å²) in [6.45, 7) is 11.7. The molecule has 4 nitrogen and oxygen atoms in total. The van der Waals surface area contributed by atoms with Crippen molar-refractivity contribution >= 4 is 23.2 Å². The van der Waals surface area contributed by atoms with E-state index in [0.717, 1.165) is 50.3 Å². The number of hydrogen-bond acceptors (Lipinski definition) is 4. The second-order valence-electron chi connectivity index (χ2n) is 15.2. The molecule has 2 aromatic rings. The van der Waals surface area contributed by atoms with Gasteiger partial charge in [0.15, 0.2) is 5.78 Å². The quantitative estimate of drug-likeness (QED) is 0.105. The van der Waals surface area contributed by atoms with Crippen LogP contribution in [0.2, 0.25) is 0 Å². The zero-order valence-corrected chi connectivity index (χ0v) is 30.2. The molecule has 1 saturated heterocycles. The van der Waals surface area contributed by atoms with Crippen LogP contribution in [-0.4, -0.2) is 49.4 Å². The van der Waals surface area contributed by atoms with Gasteiger partial charge in [-0.1, -0.05) is 132 Å². The van der Waals surface area contributed by atoms with Gasteiger partial charge in [0.05, 0.1) is 11.4 Å². The number of unbranched alkanes of at least 4 members (excludes halogenated alkanes) is 11. The first-order valence-corrected chi connectivity index (χ1v) is 20.0. The van der Waals surface area contributed by atoms with Crippen LogP contribution in [0.3, 0.4) is 0 Å². The smallest absolute Gasteiger partial charge is 0.162 e. The van der Waals surface area contributed by atoms with Gasteiger partial charge in [0.1, 0.15) is 0 Å². The number of rotatable bonds is 20. The Hall–Kier alpha value is -2.85. The minimum absolute atomic E-state index is 0.258. The van der Waals surface area contributed by atoms with Crippen molar-refractivity contribution in [2.45, 2.75) is 141 Å². The lowest BCUT2D eigenvalue weighted by Crippen LogP contribution is -2.49. The van der Waals surface area contributed by atoms with Crippen LogP contribution >= 0.6 is 0 Å². The van der Waals surface area contributed by atoms with E-state index in [1.54, 1.807) is 22.5 Å². The molecule has 2 fully saturated rings. The molecule has 260 valence electrons. The number of piperidine rings is 1. The molecule has 0 aromatic heterocycles. The molecule has 6 rings (SSSR count). The van der Waals surface area contributed by atoms with Gasteiger partial charge in [0.2, 0.25) is 0 Å². The van der Waals surface area contributed by atoms with Crippen LogP contribution in [0.5, 0.6) is 0 Å². The summed E-state index contributed by atoms with van der Waals surface area (Å²) in [7, 11) is 0. The molecule has 0 N–H and O–H groups in total. The highest BCUT2D eigenvalue weighted by molar-refractivity contribution is 5.96. The average molecular weight is 650 g/mol. The van der Waals surface area contributed by atoms with E-state index in [1.165, 1.54) is 115 Å². The zero-order valence-electron chi connectivity index (χ0n) is 30.2. The molecule has 2 aromatic carbocycles. The fourth-order valence-corrected chi connectivity index (χ4v) is 9.01. The summed E-state index contributed by atoms with van der Waals surface area (Å²) in [6, 6.07) is 15.7. The van der Waals surface area contributed by atoms with Crippen molar-refractivity contribution < 1.29 is 4.79 Å². The summed E-state index contributed by atoms with van der Waals surface area (Å²) in [5.41, 5.74) is 9.93. The number of allylic oxidation sites excluding steroid dienone is 2. The number of Topliss-reactive ketones (excluding diaryl/α,β-unsaturated/α-hetero) is 1. The van der Waals surface area contributed by atoms with E-state index in [1.807, 2.05) is 30.3 Å². The highest BCUT2D eigenvalue weighted by Gasteiger charge is 2.45. The minimum atomic E-state index is 0.258. The van der Waals surface area contributed by atoms with Crippen molar-refractivity contribution in [2.24, 2.45) is 0 Å². The summed E-state index contributed by atoms with van der Waals surface area (Å²) in [5.74, 6) is 0.834. The molecule has 3 heterocycles. The lowest BCUT2D eigenvalue weighted by atomic mass is 9.87. The van der Waals surface area contributed by atoms with Crippen LogP contribution in [0.1, 0.15) is 156 Å². The summed E-state index contributed by atoms with van der Waals surface area (Å²) in [4.78, 5) is 21.0. The van der Waals surface area contributed by atoms with Crippen LogP contribution in [0.15, 0.2) is 60.3 Å². The van der Waals surface area contributed by atoms with E-state index in [-0.39, 0.29) is 5.78 Å². The number of benzene rings is 2. The molecule has 2 atom stereocenters. The van der Waals surface area contributed by atoms with E-state index in [2.05, 4.69) is 46.4 Å². The van der Waals surface area contributed by atoms with Crippen LogP contribution in [-0.2, 0) is 0 Å². The number of anilines is 2. The van der Waals surface area contributed by atoms with Gasteiger partial charge in [-0.3, -0.25) is 4.79 Å². The van der Waals surface area contributed by atoms with Gasteiger partial charge in [-0.25, -0.2) is 0 Å². The fourth-order valence-electron chi connectivity index (χ4n) is 9.01. The predicted molar refractivity (Wildman–Crippen MR) is 205 cm³/mol. The summed E-state index contributed by atoms with van der Waals surface area (Å²) in [6.07, 6.45) is 26.8. The maximum Gasteiger partial charge on any atom is 0.162 e. The molecule has 1 saturated carbocycles. The Labute approximate surface area is 292 Å². The first kappa shape index (κ1) is 35.0. The number of likely N-dealkylation sites (tertiary alicyclic amines) is 1. The maximum atomic E-state index is 12.8. The summed E-state index contributed by atoms with van der Waals surface area (Å²) in [5, 5.41) is 0. The molecular formula is C44H63N3O. The van der Waals surface area contributed by atoms with Gasteiger partial charge >= 0.3 is 0 Å². The second kappa shape index (κ2) is 17.7. The molecule has 0 radical (unpaired) electrons. The third kappa shape index (κ3) is 8.47. The van der Waals surface area contributed by atoms with Crippen molar-refractivity contribution in [3.63, 3.8) is 0 Å². The molecule has 2 unspecified atom stereocenters. The largest absolute Gasteiger partial charge is 0.364 e. The minimum Gasteiger partial charge on any atom is -0.364 e. The Morgan fingerprint density at radius 2 is 1.52 bits per heavy atom. The van der Waals surface area contributed by atoms with Crippen molar-refractivity contribution in [2.75, 3.05) is 42.5 Å². The van der Waals surface area contributed by atoms with Gasteiger partial charge < -0.3 is 14.7 Å². The Bertz CT molecular complexity index is 1370. The van der Waals surface area contributed by atoms with E-state index in [4.69, 9.17) is 0 Å². The van der Waals surface area contributed by atoms with Crippen molar-refractivity contribution in [3.05, 3.63) is 77.0 Å². The van der Waals surface area contributed by atoms with E-state index < -0.39 is 0 Å². The summed E-state index contributed by atoms with van der Waals surface area (Å²) < 4.78 is 0. The summed E-state index contributed by atoms with van der Waals surface area (Å²) >= 11 is 0. The number of ketones is 1. The standard InChI is InChI=1S/C44H63N3O/c1-3-5-6-7-8-9-10-11-12-13-14-15-22-40(36-19-16-20-36)46-32-33-47-41-29-31-45(34-39(41)38-21-17-23-42(46)44(38)47)30-18-24-43(48)37-27-25-35(4-2)26-28-37/h4,17,21,23,25-28,39,41H,2-3,5-16,18-20,22,24,29-34H2,1H3. The van der Waals surface area contributed by atoms with Gasteiger partial charge in [-0.2, -0.15) is 0 Å². The molecule has 48 heavy (non-hydrogen) atoms. The van der Waals surface area contributed by atoms with Gasteiger partial charge in [-0.15, -0.1) is 0 Å². The van der Waals surface area contributed by atoms with Gasteiger partial charge in [0.25, 0.3) is 0 Å². The first-order chi connectivity index (χ1) is 23.7. The maximum absolute atomic E-state index is 12.8. The molecule has 4 aliphatic rings. The Morgan fingerprint density at radius 1 is 0.812 bits per heavy atom. The van der Waals surface area contributed by atoms with Crippen LogP contribution in [0.25, 0.3) is 6.08 Å². The lowest BCUT2D eigenvalue weighted by Gasteiger charge is -2.44. The first-order valence-electron chi connectivity index (χ1n) is 20.0. The number of fused-ring (bicyclic) bond motifs is 3. The van der Waals surface area contributed by atoms with Crippen LogP contribution in [0, 0.1) is 0 Å². The molecule has 4 heteroatoms. The highest BCUT2D eigenvalue weighted by Crippen LogP contribution is 2.52. The Kier molecular flexibility index (Phi) is 12.9. The van der Waals surface area contributed by atoms with Crippen LogP contribution < -0.4 is 9.80 Å². The number of carbonyl (C=O) groups excluding carboxylic acids is 1. The monoisotopic (exact) mass is 649 g/mol. The zero-order chi connectivity index (χ0) is 33.1. The number of hydrogen-bond donors (Lipinski definition) is 0. The molecule has 0 spiro atoms. The number of carbonyl (C=O) groups is 1. The van der Waals surface area contributed by atoms with Gasteiger partial charge in [0, 0.05) is 55.8 Å². The highest BCUT2D eigenvalue weighted by atomic mass is 16.1. The van der Waals surface area contributed by atoms with Crippen molar-refractivity contribution in [3.8, 4) is 0 Å². The van der Waals surface area contributed by atoms with E-state index >= 15 is 0 Å². The third-order valence-electron chi connectivity index (χ3n) is 12.0. The topological polar surface area (TPSA) is 26.8 Å². The van der Waals surface area contributed by atoms with Crippen molar-refractivity contribution in [1.82, 2.24) is 4.90 Å². The van der Waals surface area contributed by atoms with Crippen molar-refractivity contribution in [1.29, 1.82) is 0 Å². The molecular weight excluding hydrogens is 587 g/mol. The number of nitrogens with zero attached hydrogens (tertiary/aromatic N) is 3. The Morgan fingerprint density at radius 3 is 2.19 bits per heavy atom. The number of para-hydroxylation sites is 1. The third-order valence-corrected chi connectivity index (χ3v) is 12.0. The van der Waals surface area contributed by atoms with Gasteiger partial charge in [-0.05, 0) is 68.7 Å². The van der Waals surface area contributed by atoms with E-state index in [9.17, 15) is 4.79 Å². The molecule has 3 aliphatic heterocycles. The normalized spacial score (nSPS) is 20.0. The lowest BCUT2D eigenvalue weighted by molar-refractivity contribution is 0.0971. The van der Waals surface area contributed by atoms with E-state index in [0.29, 0.717) is 18.4 Å². The van der Waals surface area contributed by atoms with Crippen LogP contribution in [0.4, 0.5) is 11.4 Å².